The molecule has 0 atom stereocenters. The zero-order valence-corrected chi connectivity index (χ0v) is 18.2. The van der Waals surface area contributed by atoms with Crippen molar-refractivity contribution in [2.75, 3.05) is 13.1 Å². The second-order valence-corrected chi connectivity index (χ2v) is 8.52. The molecular formula is C23H28F3N3O3. The number of hydrogen-bond donors (Lipinski definition) is 1. The van der Waals surface area contributed by atoms with Crippen molar-refractivity contribution >= 4 is 11.8 Å². The second kappa shape index (κ2) is 10.2. The molecule has 1 aromatic heterocycles. The van der Waals surface area contributed by atoms with Crippen LogP contribution in [0.25, 0.3) is 0 Å². The molecule has 1 saturated heterocycles. The highest BCUT2D eigenvalue weighted by atomic mass is 19.4. The summed E-state index contributed by atoms with van der Waals surface area (Å²) in [6.45, 7) is 5.19. The number of aromatic nitrogens is 1. The van der Waals surface area contributed by atoms with E-state index in [0.29, 0.717) is 48.9 Å². The topological polar surface area (TPSA) is 75.4 Å². The van der Waals surface area contributed by atoms with Gasteiger partial charge in [-0.1, -0.05) is 31.1 Å². The van der Waals surface area contributed by atoms with Gasteiger partial charge in [0.15, 0.2) is 5.69 Å². The molecule has 2 heterocycles. The maximum atomic E-state index is 12.8. The van der Waals surface area contributed by atoms with Crippen LogP contribution in [0.1, 0.15) is 72.8 Å². The first-order chi connectivity index (χ1) is 15.1. The molecule has 32 heavy (non-hydrogen) atoms. The van der Waals surface area contributed by atoms with Crippen LogP contribution in [0.15, 0.2) is 34.9 Å². The largest absolute Gasteiger partial charge is 0.416 e. The molecule has 6 nitrogen and oxygen atoms in total. The summed E-state index contributed by atoms with van der Waals surface area (Å²) >= 11 is 0. The molecule has 1 N–H and O–H groups in total. The Kier molecular flexibility index (Phi) is 7.58. The third-order valence-corrected chi connectivity index (χ3v) is 5.74. The lowest BCUT2D eigenvalue weighted by Gasteiger charge is -2.31. The van der Waals surface area contributed by atoms with E-state index in [1.807, 2.05) is 13.8 Å². The van der Waals surface area contributed by atoms with Crippen LogP contribution in [0.4, 0.5) is 13.2 Å². The van der Waals surface area contributed by atoms with E-state index in [2.05, 4.69) is 10.5 Å². The van der Waals surface area contributed by atoms with Crippen LogP contribution in [0.5, 0.6) is 0 Å². The van der Waals surface area contributed by atoms with Crippen molar-refractivity contribution in [1.29, 1.82) is 0 Å². The van der Waals surface area contributed by atoms with Crippen LogP contribution in [0.3, 0.4) is 0 Å². The highest BCUT2D eigenvalue weighted by molar-refractivity contribution is 5.92. The number of piperidine rings is 1. The smallest absolute Gasteiger partial charge is 0.360 e. The molecule has 9 heteroatoms. The van der Waals surface area contributed by atoms with E-state index in [9.17, 15) is 22.8 Å². The summed E-state index contributed by atoms with van der Waals surface area (Å²) in [4.78, 5) is 26.5. The zero-order valence-electron chi connectivity index (χ0n) is 18.2. The van der Waals surface area contributed by atoms with Crippen LogP contribution in [-0.2, 0) is 17.5 Å². The molecule has 3 rings (SSSR count). The van der Waals surface area contributed by atoms with Crippen molar-refractivity contribution in [3.63, 3.8) is 0 Å². The summed E-state index contributed by atoms with van der Waals surface area (Å²) < 4.78 is 43.5. The molecule has 1 aliphatic heterocycles. The number of alkyl halides is 3. The summed E-state index contributed by atoms with van der Waals surface area (Å²) in [5.41, 5.74) is 0.00574. The van der Waals surface area contributed by atoms with Gasteiger partial charge in [0.1, 0.15) is 5.76 Å². The van der Waals surface area contributed by atoms with Crippen molar-refractivity contribution in [2.45, 2.75) is 58.2 Å². The minimum atomic E-state index is -4.40. The average molecular weight is 451 g/mol. The Balaban J connectivity index is 1.39. The predicted molar refractivity (Wildman–Crippen MR) is 112 cm³/mol. The Labute approximate surface area is 185 Å². The fraction of sp³-hybridized carbons (Fsp3) is 0.522. The number of nitrogens with zero attached hydrogens (tertiary/aromatic N) is 2. The number of halogens is 3. The zero-order chi connectivity index (χ0) is 23.3. The average Bonchev–Trinajstić information content (AvgIpc) is 3.26. The van der Waals surface area contributed by atoms with Gasteiger partial charge in [0.2, 0.25) is 5.91 Å². The van der Waals surface area contributed by atoms with Gasteiger partial charge in [0.05, 0.1) is 5.56 Å². The van der Waals surface area contributed by atoms with Crippen LogP contribution in [-0.4, -0.2) is 35.0 Å². The number of carbonyl (C=O) groups is 2. The van der Waals surface area contributed by atoms with Crippen molar-refractivity contribution in [3.8, 4) is 0 Å². The number of hydrogen-bond acceptors (Lipinski definition) is 4. The van der Waals surface area contributed by atoms with Crippen molar-refractivity contribution in [1.82, 2.24) is 15.4 Å². The van der Waals surface area contributed by atoms with Crippen LogP contribution in [0, 0.1) is 5.92 Å². The molecule has 0 aliphatic carbocycles. The molecule has 1 fully saturated rings. The lowest BCUT2D eigenvalue weighted by molar-refractivity contribution is -0.137. The minimum absolute atomic E-state index is 0.0613. The van der Waals surface area contributed by atoms with E-state index in [1.165, 1.54) is 6.07 Å². The molecule has 1 aromatic carbocycles. The van der Waals surface area contributed by atoms with Crippen LogP contribution in [0.2, 0.25) is 0 Å². The van der Waals surface area contributed by atoms with Gasteiger partial charge in [-0.2, -0.15) is 13.2 Å². The molecule has 174 valence electrons. The Hall–Kier alpha value is -2.84. The molecule has 2 amide bonds. The third-order valence-electron chi connectivity index (χ3n) is 5.74. The van der Waals surface area contributed by atoms with Gasteiger partial charge in [-0.05, 0) is 42.9 Å². The summed E-state index contributed by atoms with van der Waals surface area (Å²) in [5.74, 6) is 0.832. The maximum absolute atomic E-state index is 12.8. The van der Waals surface area contributed by atoms with E-state index in [0.717, 1.165) is 25.0 Å². The van der Waals surface area contributed by atoms with E-state index in [-0.39, 0.29) is 24.3 Å². The van der Waals surface area contributed by atoms with E-state index in [4.69, 9.17) is 4.52 Å². The van der Waals surface area contributed by atoms with Crippen LogP contribution >= 0.6 is 0 Å². The third kappa shape index (κ3) is 6.34. The molecule has 0 unspecified atom stereocenters. The maximum Gasteiger partial charge on any atom is 0.416 e. The number of amides is 2. The summed E-state index contributed by atoms with van der Waals surface area (Å²) in [7, 11) is 0. The predicted octanol–water partition coefficient (Wildman–Crippen LogP) is 4.77. The number of nitrogens with one attached hydrogen (secondary N) is 1. The molecule has 0 saturated carbocycles. The molecule has 1 aliphatic rings. The first-order valence-corrected chi connectivity index (χ1v) is 10.8. The lowest BCUT2D eigenvalue weighted by Crippen LogP contribution is -2.38. The Morgan fingerprint density at radius 1 is 1.22 bits per heavy atom. The van der Waals surface area contributed by atoms with Crippen molar-refractivity contribution < 1.29 is 27.3 Å². The first kappa shape index (κ1) is 23.8. The molecule has 0 bridgehead atoms. The second-order valence-electron chi connectivity index (χ2n) is 8.52. The highest BCUT2D eigenvalue weighted by Crippen LogP contribution is 2.29. The normalized spacial score (nSPS) is 15.2. The Morgan fingerprint density at radius 2 is 1.94 bits per heavy atom. The van der Waals surface area contributed by atoms with Gasteiger partial charge >= 0.3 is 6.18 Å². The molecule has 0 radical (unpaired) electrons. The summed E-state index contributed by atoms with van der Waals surface area (Å²) in [6, 6.07) is 6.64. The van der Waals surface area contributed by atoms with Gasteiger partial charge in [0, 0.05) is 38.0 Å². The van der Waals surface area contributed by atoms with Gasteiger partial charge in [-0.25, -0.2) is 0 Å². The Morgan fingerprint density at radius 3 is 2.56 bits per heavy atom. The number of rotatable bonds is 7. The van der Waals surface area contributed by atoms with Crippen LogP contribution < -0.4 is 5.32 Å². The summed E-state index contributed by atoms with van der Waals surface area (Å²) in [6.07, 6.45) is -1.83. The van der Waals surface area contributed by atoms with E-state index in [1.54, 1.807) is 17.0 Å². The standard InChI is InChI=1S/C23H28F3N3O3/c1-15(2)20-13-19(28-32-20)22(31)29-10-8-16(9-11-29)6-7-21(30)27-14-17-4-3-5-18(12-17)23(24,25)26/h3-5,12-13,15-16H,6-11,14H2,1-2H3,(H,27,30). The van der Waals surface area contributed by atoms with Gasteiger partial charge < -0.3 is 14.7 Å². The summed E-state index contributed by atoms with van der Waals surface area (Å²) in [5, 5.41) is 6.56. The molecule has 0 spiro atoms. The lowest BCUT2D eigenvalue weighted by atomic mass is 9.92. The van der Waals surface area contributed by atoms with Gasteiger partial charge in [-0.3, -0.25) is 9.59 Å². The minimum Gasteiger partial charge on any atom is -0.360 e. The van der Waals surface area contributed by atoms with Gasteiger partial charge in [-0.15, -0.1) is 0 Å². The molecular weight excluding hydrogens is 423 g/mol. The fourth-order valence-corrected chi connectivity index (χ4v) is 3.73. The SMILES string of the molecule is CC(C)c1cc(C(=O)N2CCC(CCC(=O)NCc3cccc(C(F)(F)F)c3)CC2)no1. The number of carbonyl (C=O) groups excluding carboxylic acids is 2. The van der Waals surface area contributed by atoms with Crippen molar-refractivity contribution in [3.05, 3.63) is 52.9 Å². The monoisotopic (exact) mass is 451 g/mol. The first-order valence-electron chi connectivity index (χ1n) is 10.8. The van der Waals surface area contributed by atoms with Gasteiger partial charge in [0.25, 0.3) is 5.91 Å². The quantitative estimate of drug-likeness (QED) is 0.658. The van der Waals surface area contributed by atoms with E-state index < -0.39 is 11.7 Å². The van der Waals surface area contributed by atoms with E-state index >= 15 is 0 Å². The molecule has 2 aromatic rings. The highest BCUT2D eigenvalue weighted by Gasteiger charge is 2.30. The Bertz CT molecular complexity index is 932. The number of benzene rings is 1. The van der Waals surface area contributed by atoms with Crippen molar-refractivity contribution in [2.24, 2.45) is 5.92 Å². The number of likely N-dealkylation sites (tertiary alicyclic amines) is 1. The fourth-order valence-electron chi connectivity index (χ4n) is 3.73.